The number of anilines is 1. The molecule has 1 unspecified atom stereocenters. The number of hydrogen-bond donors (Lipinski definition) is 1. The molecule has 1 atom stereocenters. The minimum Gasteiger partial charge on any atom is -0.326 e. The normalized spacial score (nSPS) is 12.5. The summed E-state index contributed by atoms with van der Waals surface area (Å²) in [5, 5.41) is 11.5. The Morgan fingerprint density at radius 1 is 1.40 bits per heavy atom. The molecule has 0 aliphatic heterocycles. The molecule has 0 fully saturated rings. The molecule has 5 heteroatoms. The van der Waals surface area contributed by atoms with Gasteiger partial charge >= 0.3 is 0 Å². The van der Waals surface area contributed by atoms with Crippen LogP contribution in [0.4, 0.5) is 5.69 Å². The van der Waals surface area contributed by atoms with Gasteiger partial charge in [0.2, 0.25) is 5.91 Å². The standard InChI is InChI=1S/C15H20N2O2S/c1-15(2,3)20(19)9-5-8-14(18)17-13-7-4-6-12(10-13)11-16/h4,6-7,10H,5,8-9H2,1-3H3,(H,17,18). The number of carbonyl (C=O) groups excluding carboxylic acids is 1. The molecule has 20 heavy (non-hydrogen) atoms. The number of nitrogens with one attached hydrogen (secondary N) is 1. The van der Waals surface area contributed by atoms with Crippen LogP contribution >= 0.6 is 0 Å². The second-order valence-electron chi connectivity index (χ2n) is 5.51. The largest absolute Gasteiger partial charge is 0.326 e. The third-order valence-corrected chi connectivity index (χ3v) is 4.72. The van der Waals surface area contributed by atoms with Gasteiger partial charge in [0, 0.05) is 33.4 Å². The fourth-order valence-corrected chi connectivity index (χ4v) is 2.58. The highest BCUT2D eigenvalue weighted by atomic mass is 32.2. The number of nitriles is 1. The first-order valence-corrected chi connectivity index (χ1v) is 7.83. The zero-order valence-electron chi connectivity index (χ0n) is 12.1. The van der Waals surface area contributed by atoms with Gasteiger partial charge in [-0.25, -0.2) is 0 Å². The molecule has 0 spiro atoms. The van der Waals surface area contributed by atoms with Gasteiger partial charge in [0.05, 0.1) is 11.6 Å². The summed E-state index contributed by atoms with van der Waals surface area (Å²) < 4.78 is 11.6. The lowest BCUT2D eigenvalue weighted by atomic mass is 10.2. The molecule has 0 heterocycles. The van der Waals surface area contributed by atoms with E-state index < -0.39 is 10.8 Å². The van der Waals surface area contributed by atoms with E-state index in [9.17, 15) is 9.00 Å². The van der Waals surface area contributed by atoms with Gasteiger partial charge in [-0.2, -0.15) is 5.26 Å². The van der Waals surface area contributed by atoms with E-state index in [0.29, 0.717) is 29.8 Å². The number of rotatable bonds is 5. The minimum atomic E-state index is -0.928. The SMILES string of the molecule is CC(C)(C)S(=O)CCCC(=O)Nc1cccc(C#N)c1. The van der Waals surface area contributed by atoms with E-state index in [4.69, 9.17) is 5.26 Å². The predicted octanol–water partition coefficient (Wildman–Crippen LogP) is 2.82. The van der Waals surface area contributed by atoms with Gasteiger partial charge in [-0.15, -0.1) is 0 Å². The molecular formula is C15H20N2O2S. The maximum Gasteiger partial charge on any atom is 0.224 e. The van der Waals surface area contributed by atoms with E-state index in [1.807, 2.05) is 26.8 Å². The molecule has 1 aromatic rings. The van der Waals surface area contributed by atoms with Crippen LogP contribution in [0.3, 0.4) is 0 Å². The van der Waals surface area contributed by atoms with Gasteiger partial charge in [-0.05, 0) is 45.4 Å². The van der Waals surface area contributed by atoms with E-state index in [1.165, 1.54) is 0 Å². The Bertz CT molecular complexity index is 542. The van der Waals surface area contributed by atoms with Crippen LogP contribution in [0.1, 0.15) is 39.2 Å². The highest BCUT2D eigenvalue weighted by molar-refractivity contribution is 7.86. The molecule has 0 bridgehead atoms. The monoisotopic (exact) mass is 292 g/mol. The van der Waals surface area contributed by atoms with E-state index >= 15 is 0 Å². The number of benzene rings is 1. The average Bonchev–Trinajstić information content (AvgIpc) is 2.37. The third kappa shape index (κ3) is 5.54. The van der Waals surface area contributed by atoms with Crippen molar-refractivity contribution in [2.24, 2.45) is 0 Å². The van der Waals surface area contributed by atoms with Crippen LogP contribution in [0.25, 0.3) is 0 Å². The summed E-state index contributed by atoms with van der Waals surface area (Å²) in [6.07, 6.45) is 0.923. The zero-order chi connectivity index (χ0) is 15.2. The van der Waals surface area contributed by atoms with E-state index in [2.05, 4.69) is 5.32 Å². The third-order valence-electron chi connectivity index (χ3n) is 2.69. The molecule has 0 saturated carbocycles. The smallest absolute Gasteiger partial charge is 0.224 e. The molecule has 0 aliphatic rings. The number of nitrogens with zero attached hydrogens (tertiary/aromatic N) is 1. The molecule has 1 amide bonds. The molecule has 1 rings (SSSR count). The van der Waals surface area contributed by atoms with Crippen molar-refractivity contribution in [3.63, 3.8) is 0 Å². The highest BCUT2D eigenvalue weighted by Crippen LogP contribution is 2.14. The van der Waals surface area contributed by atoms with Crippen LogP contribution in [0, 0.1) is 11.3 Å². The van der Waals surface area contributed by atoms with Gasteiger partial charge in [-0.1, -0.05) is 6.07 Å². The Morgan fingerprint density at radius 2 is 2.10 bits per heavy atom. The van der Waals surface area contributed by atoms with Gasteiger partial charge in [0.15, 0.2) is 0 Å². The van der Waals surface area contributed by atoms with Crippen molar-refractivity contribution in [2.75, 3.05) is 11.1 Å². The lowest BCUT2D eigenvalue weighted by Gasteiger charge is -2.17. The van der Waals surface area contributed by atoms with Crippen molar-refractivity contribution in [3.05, 3.63) is 29.8 Å². The van der Waals surface area contributed by atoms with Crippen LogP contribution < -0.4 is 5.32 Å². The van der Waals surface area contributed by atoms with Gasteiger partial charge in [-0.3, -0.25) is 9.00 Å². The Morgan fingerprint density at radius 3 is 2.70 bits per heavy atom. The summed E-state index contributed by atoms with van der Waals surface area (Å²) in [6, 6.07) is 8.80. The zero-order valence-corrected chi connectivity index (χ0v) is 12.9. The molecule has 108 valence electrons. The maximum atomic E-state index is 11.8. The van der Waals surface area contributed by atoms with Gasteiger partial charge in [0.1, 0.15) is 0 Å². The molecular weight excluding hydrogens is 272 g/mol. The second-order valence-corrected chi connectivity index (χ2v) is 7.83. The summed E-state index contributed by atoms with van der Waals surface area (Å²) in [4.78, 5) is 11.8. The summed E-state index contributed by atoms with van der Waals surface area (Å²) in [5.74, 6) is 0.404. The first-order valence-electron chi connectivity index (χ1n) is 6.51. The van der Waals surface area contributed by atoms with E-state index in [1.54, 1.807) is 24.3 Å². The molecule has 0 aromatic heterocycles. The summed E-state index contributed by atoms with van der Waals surface area (Å²) in [7, 11) is -0.928. The Balaban J connectivity index is 2.41. The van der Waals surface area contributed by atoms with Crippen molar-refractivity contribution in [1.82, 2.24) is 0 Å². The Labute approximate surface area is 122 Å². The molecule has 0 saturated heterocycles. The van der Waals surface area contributed by atoms with Crippen molar-refractivity contribution < 1.29 is 9.00 Å². The number of carbonyl (C=O) groups is 1. The quantitative estimate of drug-likeness (QED) is 0.907. The molecule has 4 nitrogen and oxygen atoms in total. The lowest BCUT2D eigenvalue weighted by Crippen LogP contribution is -2.24. The first-order chi connectivity index (χ1) is 9.32. The van der Waals surface area contributed by atoms with Crippen LogP contribution in [-0.2, 0) is 15.6 Å². The van der Waals surface area contributed by atoms with Gasteiger partial charge < -0.3 is 5.32 Å². The minimum absolute atomic E-state index is 0.119. The van der Waals surface area contributed by atoms with Gasteiger partial charge in [0.25, 0.3) is 0 Å². The summed E-state index contributed by atoms with van der Waals surface area (Å²) in [6.45, 7) is 5.78. The predicted molar refractivity (Wildman–Crippen MR) is 81.8 cm³/mol. The second kappa shape index (κ2) is 7.20. The fourth-order valence-electron chi connectivity index (χ4n) is 1.56. The van der Waals surface area contributed by atoms with Crippen molar-refractivity contribution in [1.29, 1.82) is 5.26 Å². The Kier molecular flexibility index (Phi) is 5.90. The van der Waals surface area contributed by atoms with E-state index in [-0.39, 0.29) is 10.7 Å². The van der Waals surface area contributed by atoms with Crippen molar-refractivity contribution >= 4 is 22.4 Å². The number of hydrogen-bond acceptors (Lipinski definition) is 3. The molecule has 0 radical (unpaired) electrons. The van der Waals surface area contributed by atoms with Crippen LogP contribution in [-0.4, -0.2) is 20.6 Å². The van der Waals surface area contributed by atoms with Crippen LogP contribution in [0.15, 0.2) is 24.3 Å². The fraction of sp³-hybridized carbons (Fsp3) is 0.467. The Hall–Kier alpha value is -1.67. The molecule has 0 aliphatic carbocycles. The summed E-state index contributed by atoms with van der Waals surface area (Å²) >= 11 is 0. The topological polar surface area (TPSA) is 70.0 Å². The average molecular weight is 292 g/mol. The maximum absolute atomic E-state index is 11.8. The van der Waals surface area contributed by atoms with Crippen LogP contribution in [0.2, 0.25) is 0 Å². The first kappa shape index (κ1) is 16.4. The molecule has 1 N–H and O–H groups in total. The van der Waals surface area contributed by atoms with Crippen molar-refractivity contribution in [2.45, 2.75) is 38.4 Å². The van der Waals surface area contributed by atoms with E-state index in [0.717, 1.165) is 0 Å². The lowest BCUT2D eigenvalue weighted by molar-refractivity contribution is -0.116. The van der Waals surface area contributed by atoms with Crippen LogP contribution in [0.5, 0.6) is 0 Å². The summed E-state index contributed by atoms with van der Waals surface area (Å²) in [5.41, 5.74) is 1.13. The molecule has 1 aromatic carbocycles. The van der Waals surface area contributed by atoms with Crippen molar-refractivity contribution in [3.8, 4) is 6.07 Å². The highest BCUT2D eigenvalue weighted by Gasteiger charge is 2.18. The number of amides is 1.